The molecule has 2 aromatic rings. The number of hydrogen-bond acceptors (Lipinski definition) is 2. The van der Waals surface area contributed by atoms with E-state index in [0.717, 1.165) is 29.9 Å². The van der Waals surface area contributed by atoms with Crippen molar-refractivity contribution in [2.75, 3.05) is 6.61 Å². The predicted octanol–water partition coefficient (Wildman–Crippen LogP) is 3.97. The summed E-state index contributed by atoms with van der Waals surface area (Å²) in [6, 6.07) is 6.34. The summed E-state index contributed by atoms with van der Waals surface area (Å²) in [7, 11) is 0. The molecule has 1 saturated heterocycles. The van der Waals surface area contributed by atoms with E-state index in [4.69, 9.17) is 17.0 Å². The molecule has 102 valence electrons. The molecule has 0 amide bonds. The highest BCUT2D eigenvalue weighted by atomic mass is 32.1. The van der Waals surface area contributed by atoms with Crippen LogP contribution >= 0.6 is 12.2 Å². The van der Waals surface area contributed by atoms with Crippen molar-refractivity contribution in [3.05, 3.63) is 28.5 Å². The Morgan fingerprint density at radius 3 is 3.11 bits per heavy atom. The van der Waals surface area contributed by atoms with Crippen LogP contribution in [0.2, 0.25) is 0 Å². The lowest BCUT2D eigenvalue weighted by molar-refractivity contribution is 0.00892. The number of imidazole rings is 1. The first kappa shape index (κ1) is 12.9. The van der Waals surface area contributed by atoms with Crippen molar-refractivity contribution >= 4 is 23.3 Å². The van der Waals surface area contributed by atoms with E-state index >= 15 is 0 Å². The Hall–Kier alpha value is -1.13. The lowest BCUT2D eigenvalue weighted by Gasteiger charge is -2.22. The Balaban J connectivity index is 1.82. The van der Waals surface area contributed by atoms with E-state index in [9.17, 15) is 0 Å². The molecular weight excluding hydrogens is 256 g/mol. The highest BCUT2D eigenvalue weighted by Crippen LogP contribution is 2.21. The van der Waals surface area contributed by atoms with Crippen LogP contribution in [0.4, 0.5) is 0 Å². The van der Waals surface area contributed by atoms with E-state index in [2.05, 4.69) is 34.7 Å². The molecule has 0 radical (unpaired) electrons. The van der Waals surface area contributed by atoms with Gasteiger partial charge in [0.1, 0.15) is 0 Å². The van der Waals surface area contributed by atoms with Gasteiger partial charge in [0.25, 0.3) is 0 Å². The number of aromatic nitrogens is 2. The monoisotopic (exact) mass is 276 g/mol. The fraction of sp³-hybridized carbons (Fsp3) is 0.533. The smallest absolute Gasteiger partial charge is 0.178 e. The number of aryl methyl sites for hydroxylation is 2. The van der Waals surface area contributed by atoms with Gasteiger partial charge in [0, 0.05) is 13.2 Å². The topological polar surface area (TPSA) is 29.9 Å². The summed E-state index contributed by atoms with van der Waals surface area (Å²) in [6.07, 6.45) is 5.15. The van der Waals surface area contributed by atoms with E-state index in [1.807, 2.05) is 0 Å². The van der Waals surface area contributed by atoms with E-state index in [-0.39, 0.29) is 0 Å². The van der Waals surface area contributed by atoms with Crippen LogP contribution in [0.15, 0.2) is 18.2 Å². The zero-order chi connectivity index (χ0) is 13.2. The summed E-state index contributed by atoms with van der Waals surface area (Å²) < 4.78 is 8.82. The van der Waals surface area contributed by atoms with Crippen LogP contribution in [0.5, 0.6) is 0 Å². The molecule has 1 N–H and O–H groups in total. The fourth-order valence-corrected chi connectivity index (χ4v) is 3.15. The molecule has 1 aliphatic heterocycles. The van der Waals surface area contributed by atoms with Crippen LogP contribution in [-0.4, -0.2) is 22.3 Å². The molecule has 1 atom stereocenters. The predicted molar refractivity (Wildman–Crippen MR) is 80.1 cm³/mol. The van der Waals surface area contributed by atoms with Crippen molar-refractivity contribution in [1.82, 2.24) is 9.55 Å². The van der Waals surface area contributed by atoms with Gasteiger partial charge < -0.3 is 14.3 Å². The molecule has 1 aliphatic rings. The lowest BCUT2D eigenvalue weighted by atomic mass is 10.1. The zero-order valence-electron chi connectivity index (χ0n) is 11.3. The average Bonchev–Trinajstić information content (AvgIpc) is 2.75. The minimum atomic E-state index is 0.408. The second kappa shape index (κ2) is 5.47. The Bertz CT molecular complexity index is 623. The third-order valence-electron chi connectivity index (χ3n) is 3.97. The molecule has 1 fully saturated rings. The van der Waals surface area contributed by atoms with Gasteiger partial charge in [-0.15, -0.1) is 0 Å². The minimum Gasteiger partial charge on any atom is -0.378 e. The van der Waals surface area contributed by atoms with Crippen LogP contribution in [0, 0.1) is 11.7 Å². The summed E-state index contributed by atoms with van der Waals surface area (Å²) in [4.78, 5) is 3.32. The highest BCUT2D eigenvalue weighted by Gasteiger charge is 2.14. The Morgan fingerprint density at radius 2 is 2.32 bits per heavy atom. The molecule has 0 aliphatic carbocycles. The first-order chi connectivity index (χ1) is 9.25. The van der Waals surface area contributed by atoms with Gasteiger partial charge in [0.15, 0.2) is 4.77 Å². The number of benzene rings is 1. The van der Waals surface area contributed by atoms with Gasteiger partial charge >= 0.3 is 0 Å². The molecule has 1 aromatic carbocycles. The largest absolute Gasteiger partial charge is 0.378 e. The quantitative estimate of drug-likeness (QED) is 0.860. The van der Waals surface area contributed by atoms with Crippen molar-refractivity contribution in [2.45, 2.75) is 45.3 Å². The minimum absolute atomic E-state index is 0.408. The SMILES string of the molecule is Cc1cccc2c1[nH]c(=S)n2CCC1CCCCO1. The number of hydrogen-bond donors (Lipinski definition) is 1. The van der Waals surface area contributed by atoms with Gasteiger partial charge in [-0.05, 0) is 56.5 Å². The maximum Gasteiger partial charge on any atom is 0.178 e. The lowest BCUT2D eigenvalue weighted by Crippen LogP contribution is -2.20. The normalized spacial score (nSPS) is 19.9. The second-order valence-corrected chi connectivity index (χ2v) is 5.71. The molecule has 0 spiro atoms. The van der Waals surface area contributed by atoms with Crippen LogP contribution in [0.1, 0.15) is 31.2 Å². The van der Waals surface area contributed by atoms with Gasteiger partial charge in [-0.2, -0.15) is 0 Å². The van der Waals surface area contributed by atoms with E-state index < -0.39 is 0 Å². The number of nitrogens with zero attached hydrogens (tertiary/aromatic N) is 1. The summed E-state index contributed by atoms with van der Waals surface area (Å²) in [5.41, 5.74) is 3.62. The van der Waals surface area contributed by atoms with Gasteiger partial charge in [-0.1, -0.05) is 12.1 Å². The number of para-hydroxylation sites is 1. The van der Waals surface area contributed by atoms with Crippen molar-refractivity contribution in [2.24, 2.45) is 0 Å². The number of ether oxygens (including phenoxy) is 1. The maximum absolute atomic E-state index is 5.79. The summed E-state index contributed by atoms with van der Waals surface area (Å²) in [5.74, 6) is 0. The van der Waals surface area contributed by atoms with Crippen LogP contribution in [-0.2, 0) is 11.3 Å². The highest BCUT2D eigenvalue weighted by molar-refractivity contribution is 7.71. The van der Waals surface area contributed by atoms with Gasteiger partial charge in [-0.25, -0.2) is 0 Å². The number of nitrogens with one attached hydrogen (secondary N) is 1. The van der Waals surface area contributed by atoms with Crippen molar-refractivity contribution in [1.29, 1.82) is 0 Å². The maximum atomic E-state index is 5.79. The molecule has 2 heterocycles. The van der Waals surface area contributed by atoms with Gasteiger partial charge in [0.2, 0.25) is 0 Å². The first-order valence-corrected chi connectivity index (χ1v) is 7.46. The molecule has 3 nitrogen and oxygen atoms in total. The molecule has 4 heteroatoms. The van der Waals surface area contributed by atoms with E-state index in [1.54, 1.807) is 0 Å². The average molecular weight is 276 g/mol. The van der Waals surface area contributed by atoms with E-state index in [0.29, 0.717) is 6.10 Å². The zero-order valence-corrected chi connectivity index (χ0v) is 12.1. The standard InChI is InChI=1S/C15H20N2OS/c1-11-5-4-7-13-14(11)16-15(19)17(13)9-8-12-6-2-3-10-18-12/h4-5,7,12H,2-3,6,8-10H2,1H3,(H,16,19). The summed E-state index contributed by atoms with van der Waals surface area (Å²) in [6.45, 7) is 3.97. The summed E-state index contributed by atoms with van der Waals surface area (Å²) >= 11 is 5.45. The first-order valence-electron chi connectivity index (χ1n) is 7.05. The second-order valence-electron chi connectivity index (χ2n) is 5.33. The Morgan fingerprint density at radius 1 is 1.42 bits per heavy atom. The molecule has 3 rings (SSSR count). The van der Waals surface area contributed by atoms with Gasteiger partial charge in [0.05, 0.1) is 17.1 Å². The Labute approximate surface area is 118 Å². The molecule has 0 bridgehead atoms. The fourth-order valence-electron chi connectivity index (χ4n) is 2.85. The Kier molecular flexibility index (Phi) is 3.71. The third-order valence-corrected chi connectivity index (χ3v) is 4.29. The number of rotatable bonds is 3. The van der Waals surface area contributed by atoms with E-state index in [1.165, 1.54) is 30.3 Å². The van der Waals surface area contributed by atoms with Crippen molar-refractivity contribution in [3.8, 4) is 0 Å². The molecule has 1 aromatic heterocycles. The molecule has 19 heavy (non-hydrogen) atoms. The van der Waals surface area contributed by atoms with Crippen LogP contribution in [0.25, 0.3) is 11.0 Å². The van der Waals surface area contributed by atoms with Crippen molar-refractivity contribution < 1.29 is 4.74 Å². The van der Waals surface area contributed by atoms with Crippen LogP contribution < -0.4 is 0 Å². The van der Waals surface area contributed by atoms with Gasteiger partial charge in [-0.3, -0.25) is 0 Å². The number of aromatic amines is 1. The van der Waals surface area contributed by atoms with Crippen molar-refractivity contribution in [3.63, 3.8) is 0 Å². The summed E-state index contributed by atoms with van der Waals surface area (Å²) in [5, 5.41) is 0. The van der Waals surface area contributed by atoms with Crippen LogP contribution in [0.3, 0.4) is 0 Å². The molecular formula is C15H20N2OS. The number of fused-ring (bicyclic) bond motifs is 1. The third kappa shape index (κ3) is 2.60. The number of H-pyrrole nitrogens is 1. The molecule has 0 saturated carbocycles. The molecule has 1 unspecified atom stereocenters.